The summed E-state index contributed by atoms with van der Waals surface area (Å²) in [6.07, 6.45) is 3.98. The summed E-state index contributed by atoms with van der Waals surface area (Å²) in [5.74, 6) is 0.845. The average molecular weight is 190 g/mol. The summed E-state index contributed by atoms with van der Waals surface area (Å²) >= 11 is 0. The van der Waals surface area contributed by atoms with Crippen LogP contribution < -0.4 is 4.74 Å². The van der Waals surface area contributed by atoms with Crippen molar-refractivity contribution in [3.05, 3.63) is 30.3 Å². The van der Waals surface area contributed by atoms with E-state index in [0.717, 1.165) is 5.75 Å². The molecule has 1 radical (unpaired) electrons. The van der Waals surface area contributed by atoms with Gasteiger partial charge in [0.15, 0.2) is 0 Å². The molecule has 2 nitrogen and oxygen atoms in total. The van der Waals surface area contributed by atoms with Gasteiger partial charge in [-0.1, -0.05) is 24.6 Å². The Balaban J connectivity index is 1.76. The van der Waals surface area contributed by atoms with Crippen molar-refractivity contribution in [1.29, 1.82) is 0 Å². The lowest BCUT2D eigenvalue weighted by Crippen LogP contribution is -2.33. The number of nitrogens with zero attached hydrogens (tertiary/aromatic N) is 1. The average Bonchev–Trinajstić information content (AvgIpc) is 2.29. The van der Waals surface area contributed by atoms with E-state index in [1.165, 1.54) is 32.4 Å². The Morgan fingerprint density at radius 3 is 2.79 bits per heavy atom. The molecule has 0 aliphatic carbocycles. The number of hydrogen-bond acceptors (Lipinski definition) is 2. The quantitative estimate of drug-likeness (QED) is 0.725. The van der Waals surface area contributed by atoms with E-state index in [0.29, 0.717) is 6.73 Å². The topological polar surface area (TPSA) is 12.5 Å². The molecule has 0 atom stereocenters. The second-order valence-corrected chi connectivity index (χ2v) is 3.68. The van der Waals surface area contributed by atoms with Crippen LogP contribution in [0.5, 0.6) is 5.75 Å². The number of para-hydroxylation sites is 1. The molecule has 1 heterocycles. The molecule has 1 aromatic carbocycles. The maximum absolute atomic E-state index is 5.62. The van der Waals surface area contributed by atoms with Gasteiger partial charge in [-0.15, -0.1) is 0 Å². The molecule has 0 spiro atoms. The largest absolute Gasteiger partial charge is 0.477 e. The second kappa shape index (κ2) is 5.01. The van der Waals surface area contributed by atoms with Crippen molar-refractivity contribution in [2.45, 2.75) is 19.3 Å². The summed E-state index contributed by atoms with van der Waals surface area (Å²) in [5.41, 5.74) is 0. The first-order valence-corrected chi connectivity index (χ1v) is 5.27. The lowest BCUT2D eigenvalue weighted by Gasteiger charge is -2.26. The molecule has 0 N–H and O–H groups in total. The molecule has 0 saturated carbocycles. The molecular weight excluding hydrogens is 174 g/mol. The van der Waals surface area contributed by atoms with Gasteiger partial charge in [0.2, 0.25) is 0 Å². The molecule has 2 heteroatoms. The zero-order chi connectivity index (χ0) is 9.64. The highest BCUT2D eigenvalue weighted by Crippen LogP contribution is 2.11. The van der Waals surface area contributed by atoms with Crippen molar-refractivity contribution < 1.29 is 4.74 Å². The molecule has 14 heavy (non-hydrogen) atoms. The number of benzene rings is 1. The van der Waals surface area contributed by atoms with Gasteiger partial charge < -0.3 is 4.74 Å². The molecule has 1 fully saturated rings. The van der Waals surface area contributed by atoms with Gasteiger partial charge in [-0.2, -0.15) is 0 Å². The Kier molecular flexibility index (Phi) is 3.41. The van der Waals surface area contributed by atoms with Gasteiger partial charge in [0, 0.05) is 19.2 Å². The fourth-order valence-electron chi connectivity index (χ4n) is 1.72. The minimum absolute atomic E-state index is 0.709. The number of ether oxygens (including phenoxy) is 1. The minimum Gasteiger partial charge on any atom is -0.477 e. The number of piperidine rings is 1. The molecule has 0 unspecified atom stereocenters. The van der Waals surface area contributed by atoms with Crippen LogP contribution in [0, 0.1) is 6.07 Å². The van der Waals surface area contributed by atoms with Crippen molar-refractivity contribution >= 4 is 0 Å². The summed E-state index contributed by atoms with van der Waals surface area (Å²) < 4.78 is 5.62. The zero-order valence-electron chi connectivity index (χ0n) is 8.41. The van der Waals surface area contributed by atoms with Crippen molar-refractivity contribution in [2.24, 2.45) is 0 Å². The molecule has 75 valence electrons. The minimum atomic E-state index is 0.709. The molecular formula is C12H16NO. The summed E-state index contributed by atoms with van der Waals surface area (Å²) in [4.78, 5) is 2.35. The van der Waals surface area contributed by atoms with Crippen LogP contribution in [0.1, 0.15) is 19.3 Å². The van der Waals surface area contributed by atoms with Gasteiger partial charge in [0.05, 0.1) is 0 Å². The van der Waals surface area contributed by atoms with E-state index in [-0.39, 0.29) is 0 Å². The lowest BCUT2D eigenvalue weighted by atomic mass is 10.1. The van der Waals surface area contributed by atoms with Crippen molar-refractivity contribution in [3.8, 4) is 5.75 Å². The van der Waals surface area contributed by atoms with Crippen LogP contribution in [0.25, 0.3) is 0 Å². The maximum Gasteiger partial charge on any atom is 0.142 e. The Morgan fingerprint density at radius 2 is 2.07 bits per heavy atom. The SMILES string of the molecule is [c]1ccccc1OCN1CCCCC1. The highest BCUT2D eigenvalue weighted by Gasteiger charge is 2.09. The predicted molar refractivity (Wildman–Crippen MR) is 56.2 cm³/mol. The lowest BCUT2D eigenvalue weighted by molar-refractivity contribution is 0.106. The highest BCUT2D eigenvalue weighted by atomic mass is 16.5. The van der Waals surface area contributed by atoms with Crippen LogP contribution >= 0.6 is 0 Å². The van der Waals surface area contributed by atoms with Crippen LogP contribution in [0.2, 0.25) is 0 Å². The van der Waals surface area contributed by atoms with Crippen LogP contribution in [-0.2, 0) is 0 Å². The van der Waals surface area contributed by atoms with Gasteiger partial charge in [-0.25, -0.2) is 0 Å². The summed E-state index contributed by atoms with van der Waals surface area (Å²) in [6.45, 7) is 3.06. The first-order valence-electron chi connectivity index (χ1n) is 5.27. The van der Waals surface area contributed by atoms with Crippen LogP contribution in [-0.4, -0.2) is 24.7 Å². The van der Waals surface area contributed by atoms with Gasteiger partial charge in [0.1, 0.15) is 12.5 Å². The van der Waals surface area contributed by atoms with Gasteiger partial charge in [-0.05, 0) is 18.9 Å². The molecule has 1 saturated heterocycles. The van der Waals surface area contributed by atoms with E-state index in [1.54, 1.807) is 0 Å². The summed E-state index contributed by atoms with van der Waals surface area (Å²) in [7, 11) is 0. The first-order chi connectivity index (χ1) is 6.95. The fourth-order valence-corrected chi connectivity index (χ4v) is 1.72. The standard InChI is InChI=1S/C12H16NO/c1-3-7-12(8-4-1)14-11-13-9-5-2-6-10-13/h1,3-4,7H,2,5-6,9-11H2. The molecule has 2 rings (SSSR count). The van der Waals surface area contributed by atoms with Gasteiger partial charge in [0.25, 0.3) is 0 Å². The summed E-state index contributed by atoms with van der Waals surface area (Å²) in [5, 5.41) is 0. The smallest absolute Gasteiger partial charge is 0.142 e. The van der Waals surface area contributed by atoms with E-state index < -0.39 is 0 Å². The molecule has 0 aromatic heterocycles. The van der Waals surface area contributed by atoms with E-state index in [4.69, 9.17) is 4.74 Å². The van der Waals surface area contributed by atoms with Crippen LogP contribution in [0.15, 0.2) is 24.3 Å². The predicted octanol–water partition coefficient (Wildman–Crippen LogP) is 2.31. The van der Waals surface area contributed by atoms with E-state index >= 15 is 0 Å². The molecule has 1 aliphatic rings. The van der Waals surface area contributed by atoms with Crippen LogP contribution in [0.3, 0.4) is 0 Å². The molecule has 0 amide bonds. The Hall–Kier alpha value is -1.02. The third kappa shape index (κ3) is 2.74. The number of hydrogen-bond donors (Lipinski definition) is 0. The normalized spacial score (nSPS) is 18.0. The van der Waals surface area contributed by atoms with Gasteiger partial charge in [-0.3, -0.25) is 4.90 Å². The monoisotopic (exact) mass is 190 g/mol. The molecule has 0 bridgehead atoms. The number of rotatable bonds is 3. The van der Waals surface area contributed by atoms with Crippen molar-refractivity contribution in [3.63, 3.8) is 0 Å². The van der Waals surface area contributed by atoms with E-state index in [2.05, 4.69) is 11.0 Å². The Bertz CT molecular complexity index is 254. The molecule has 1 aromatic rings. The number of likely N-dealkylation sites (tertiary alicyclic amines) is 1. The second-order valence-electron chi connectivity index (χ2n) is 3.68. The first kappa shape index (κ1) is 9.53. The van der Waals surface area contributed by atoms with Crippen molar-refractivity contribution in [2.75, 3.05) is 19.8 Å². The fraction of sp³-hybridized carbons (Fsp3) is 0.500. The highest BCUT2D eigenvalue weighted by molar-refractivity contribution is 5.19. The van der Waals surface area contributed by atoms with Crippen molar-refractivity contribution in [1.82, 2.24) is 4.90 Å². The Morgan fingerprint density at radius 1 is 1.21 bits per heavy atom. The maximum atomic E-state index is 5.62. The third-order valence-corrected chi connectivity index (χ3v) is 2.53. The third-order valence-electron chi connectivity index (χ3n) is 2.53. The van der Waals surface area contributed by atoms with Crippen LogP contribution in [0.4, 0.5) is 0 Å². The molecule has 1 aliphatic heterocycles. The zero-order valence-corrected chi connectivity index (χ0v) is 8.41. The van der Waals surface area contributed by atoms with Gasteiger partial charge >= 0.3 is 0 Å². The van der Waals surface area contributed by atoms with E-state index in [1.807, 2.05) is 24.3 Å². The van der Waals surface area contributed by atoms with E-state index in [9.17, 15) is 0 Å². The summed E-state index contributed by atoms with van der Waals surface area (Å²) in [6, 6.07) is 10.8. The Labute approximate surface area is 85.5 Å².